The van der Waals surface area contributed by atoms with Gasteiger partial charge in [-0.3, -0.25) is 24.0 Å². The monoisotopic (exact) mass is 868 g/mol. The number of carbonyl (C=O) groups is 6. The number of unbranched alkanes of at least 4 members (excludes halogenated alkanes) is 1. The van der Waals surface area contributed by atoms with Gasteiger partial charge in [0, 0.05) is 77.4 Å². The first-order chi connectivity index (χ1) is 28.1. The fourth-order valence-electron chi connectivity index (χ4n) is 5.86. The van der Waals surface area contributed by atoms with Gasteiger partial charge in [0.15, 0.2) is 5.78 Å². The minimum absolute atomic E-state index is 0.00861. The van der Waals surface area contributed by atoms with Crippen LogP contribution in [0.4, 0.5) is 0 Å². The van der Waals surface area contributed by atoms with Gasteiger partial charge in [-0.05, 0) is 67.1 Å². The zero-order valence-corrected chi connectivity index (χ0v) is 43.6. The van der Waals surface area contributed by atoms with Crippen LogP contribution in [0.2, 0.25) is 0 Å². The summed E-state index contributed by atoms with van der Waals surface area (Å²) in [5, 5.41) is 2.86. The minimum atomic E-state index is -0.319. The van der Waals surface area contributed by atoms with Crippen molar-refractivity contribution in [2.24, 2.45) is 45.7 Å². The molecule has 0 spiro atoms. The number of likely N-dealkylation sites (tertiary alicyclic amines) is 1. The molecule has 362 valence electrons. The second-order valence-electron chi connectivity index (χ2n) is 19.4. The molecule has 2 fully saturated rings. The fraction of sp³-hybridized carbons (Fsp3) is 0.843. The van der Waals surface area contributed by atoms with Gasteiger partial charge >= 0.3 is 0 Å². The summed E-state index contributed by atoms with van der Waals surface area (Å²) in [5.41, 5.74) is 6.17. The lowest BCUT2D eigenvalue weighted by Gasteiger charge is -2.43. The molecule has 0 radical (unpaired) electrons. The van der Waals surface area contributed by atoms with E-state index in [4.69, 9.17) is 10.5 Å². The lowest BCUT2D eigenvalue weighted by Crippen LogP contribution is -2.50. The van der Waals surface area contributed by atoms with Crippen molar-refractivity contribution in [2.75, 3.05) is 26.8 Å². The molecular formula is C51H101N3O7. The number of Topliss-reactive ketones (excluding diaryl/α,β-unsaturated/α-hetero) is 3. The van der Waals surface area contributed by atoms with E-state index < -0.39 is 0 Å². The third-order valence-corrected chi connectivity index (χ3v) is 10.5. The van der Waals surface area contributed by atoms with Crippen LogP contribution >= 0.6 is 0 Å². The first kappa shape index (κ1) is 67.4. The van der Waals surface area contributed by atoms with Gasteiger partial charge in [0.2, 0.25) is 17.6 Å². The number of piperidine rings is 1. The molecule has 0 bridgehead atoms. The number of ketones is 3. The predicted molar refractivity (Wildman–Crippen MR) is 259 cm³/mol. The highest BCUT2D eigenvalue weighted by atomic mass is 16.5. The number of ether oxygens (including phenoxy) is 1. The van der Waals surface area contributed by atoms with Gasteiger partial charge in [-0.25, -0.2) is 0 Å². The molecule has 1 saturated heterocycles. The summed E-state index contributed by atoms with van der Waals surface area (Å²) in [7, 11) is 1.77. The summed E-state index contributed by atoms with van der Waals surface area (Å²) in [4.78, 5) is 68.8. The number of nitrogens with zero attached hydrogens (tertiary/aromatic N) is 1. The van der Waals surface area contributed by atoms with Crippen LogP contribution in [0.5, 0.6) is 0 Å². The maximum atomic E-state index is 12.6. The largest absolute Gasteiger partial charge is 0.385 e. The third-order valence-electron chi connectivity index (χ3n) is 10.5. The summed E-state index contributed by atoms with van der Waals surface area (Å²) in [6.45, 7) is 43.1. The smallest absolute Gasteiger partial charge is 0.224 e. The van der Waals surface area contributed by atoms with E-state index >= 15 is 0 Å². The first-order valence-corrected chi connectivity index (χ1v) is 23.5. The Labute approximate surface area is 377 Å². The highest BCUT2D eigenvalue weighted by Crippen LogP contribution is 2.36. The molecule has 1 saturated carbocycles. The number of hydrogen-bond acceptors (Lipinski definition) is 8. The predicted octanol–water partition coefficient (Wildman–Crippen LogP) is 11.4. The number of nitrogens with one attached hydrogen (secondary N) is 1. The molecule has 10 nitrogen and oxygen atoms in total. The number of nitrogens with two attached hydrogens (primary N) is 1. The van der Waals surface area contributed by atoms with Gasteiger partial charge in [-0.2, -0.15) is 0 Å². The number of allylic oxidation sites excluding steroid dienone is 1. The summed E-state index contributed by atoms with van der Waals surface area (Å²) in [6, 6.07) is -0.0824. The van der Waals surface area contributed by atoms with Gasteiger partial charge in [0.05, 0.1) is 0 Å². The van der Waals surface area contributed by atoms with Crippen LogP contribution in [0, 0.1) is 39.9 Å². The molecule has 4 unspecified atom stereocenters. The molecule has 10 heteroatoms. The Morgan fingerprint density at radius 2 is 1.36 bits per heavy atom. The average molecular weight is 868 g/mol. The molecule has 0 aromatic rings. The van der Waals surface area contributed by atoms with Crippen molar-refractivity contribution in [1.29, 1.82) is 0 Å². The standard InChI is InChI=1S/C18H34N2O2.C10H19NO2.C8H14O2.C6H12O.C5H10.2C2H6/c1-12(21)13-8-14(17(2,3)4)11-20(10-13)16(22)9-15(19)18(5,6)7;1-8(13)11-9(6-5-7-12)10(2,3)4;1-4-5-6(2)8(10)7(3)9;1-7-5-4-6-2-3-6;1-3-5-4-2;2*1-2/h13-15H,8-11,19H2,1-7H3;7,9H,5-6H2,1-4H3,(H,11,13);6H,4-5H2,1-3H3;6H,2-5H2,1H3;3H,1,4-5H2,2H3;2*1-2H3/t13?,14-,15?;;;;;;/m1....../s1. The van der Waals surface area contributed by atoms with E-state index in [1.54, 1.807) is 21.0 Å². The Morgan fingerprint density at radius 3 is 1.67 bits per heavy atom. The quantitative estimate of drug-likeness (QED) is 0.0883. The molecule has 0 aromatic heterocycles. The second-order valence-corrected chi connectivity index (χ2v) is 19.4. The number of aldehydes is 1. The topological polar surface area (TPSA) is 153 Å². The Hall–Kier alpha value is -2.72. The zero-order valence-electron chi connectivity index (χ0n) is 43.6. The Kier molecular flexibility index (Phi) is 41.7. The second kappa shape index (κ2) is 37.8. The molecular weight excluding hydrogens is 767 g/mol. The minimum Gasteiger partial charge on any atom is -0.385 e. The Bertz CT molecular complexity index is 1180. The van der Waals surface area contributed by atoms with Crippen molar-refractivity contribution in [3.63, 3.8) is 0 Å². The van der Waals surface area contributed by atoms with Crippen LogP contribution in [-0.4, -0.2) is 79.2 Å². The molecule has 0 aromatic carbocycles. The van der Waals surface area contributed by atoms with Crippen molar-refractivity contribution in [3.05, 3.63) is 12.7 Å². The van der Waals surface area contributed by atoms with Gasteiger partial charge in [0.25, 0.3) is 0 Å². The Morgan fingerprint density at radius 1 is 0.836 bits per heavy atom. The molecule has 2 rings (SSSR count). The summed E-state index contributed by atoms with van der Waals surface area (Å²) in [6.07, 6.45) is 13.6. The van der Waals surface area contributed by atoms with E-state index in [2.05, 4.69) is 81.1 Å². The first-order valence-electron chi connectivity index (χ1n) is 23.5. The van der Waals surface area contributed by atoms with Gasteiger partial charge in [-0.15, -0.1) is 6.58 Å². The van der Waals surface area contributed by atoms with Crippen molar-refractivity contribution >= 4 is 35.5 Å². The van der Waals surface area contributed by atoms with Crippen LogP contribution in [0.25, 0.3) is 0 Å². The summed E-state index contributed by atoms with van der Waals surface area (Å²) < 4.78 is 4.89. The third kappa shape index (κ3) is 38.7. The van der Waals surface area contributed by atoms with Crippen molar-refractivity contribution < 1.29 is 33.5 Å². The highest BCUT2D eigenvalue weighted by molar-refractivity contribution is 6.36. The highest BCUT2D eigenvalue weighted by Gasteiger charge is 2.38. The lowest BCUT2D eigenvalue weighted by molar-refractivity contribution is -0.138. The average Bonchev–Trinajstić information content (AvgIpc) is 4.01. The van der Waals surface area contributed by atoms with E-state index in [1.807, 2.05) is 45.6 Å². The zero-order chi connectivity index (χ0) is 49.2. The number of hydrogen-bond donors (Lipinski definition) is 2. The molecule has 1 aliphatic heterocycles. The van der Waals surface area contributed by atoms with Crippen LogP contribution in [0.15, 0.2) is 12.7 Å². The van der Waals surface area contributed by atoms with E-state index in [0.717, 1.165) is 51.0 Å². The van der Waals surface area contributed by atoms with Crippen LogP contribution < -0.4 is 11.1 Å². The van der Waals surface area contributed by atoms with Gasteiger partial charge in [0.1, 0.15) is 12.1 Å². The van der Waals surface area contributed by atoms with E-state index in [-0.39, 0.29) is 69.3 Å². The van der Waals surface area contributed by atoms with E-state index in [1.165, 1.54) is 39.5 Å². The molecule has 1 aliphatic carbocycles. The molecule has 2 aliphatic rings. The van der Waals surface area contributed by atoms with Crippen molar-refractivity contribution in [1.82, 2.24) is 10.2 Å². The van der Waals surface area contributed by atoms with Gasteiger partial charge < -0.3 is 25.5 Å². The maximum Gasteiger partial charge on any atom is 0.224 e. The Balaban J connectivity index is -0.000000229. The number of carbonyl (C=O) groups excluding carboxylic acids is 6. The SMILES string of the molecule is C=CCCC.CC.CC.CC(=O)C1C[C@@H](C(C)(C)C)CN(C(=O)CC(N)C(C)(C)C)C1.CC(=O)NC(CCC=O)C(C)(C)C.CCCC(C)C(=O)C(C)=O.COCCC1CC1. The molecule has 1 heterocycles. The van der Waals surface area contributed by atoms with Crippen molar-refractivity contribution in [3.8, 4) is 0 Å². The van der Waals surface area contributed by atoms with E-state index in [0.29, 0.717) is 31.7 Å². The van der Waals surface area contributed by atoms with E-state index in [9.17, 15) is 28.8 Å². The number of methoxy groups -OCH3 is 1. The molecule has 3 N–H and O–H groups in total. The summed E-state index contributed by atoms with van der Waals surface area (Å²) in [5.74, 6) is 0.948. The lowest BCUT2D eigenvalue weighted by atomic mass is 9.72. The molecule has 2 amide bonds. The van der Waals surface area contributed by atoms with Crippen LogP contribution in [-0.2, 0) is 33.5 Å². The molecule has 61 heavy (non-hydrogen) atoms. The van der Waals surface area contributed by atoms with Crippen LogP contribution in [0.3, 0.4) is 0 Å². The maximum absolute atomic E-state index is 12.6. The van der Waals surface area contributed by atoms with Crippen molar-refractivity contribution in [2.45, 2.75) is 214 Å². The summed E-state index contributed by atoms with van der Waals surface area (Å²) >= 11 is 0. The number of rotatable bonds is 16. The normalized spacial score (nSPS) is 17.1. The molecule has 5 atom stereocenters. The van der Waals surface area contributed by atoms with Gasteiger partial charge in [-0.1, -0.05) is 143 Å². The van der Waals surface area contributed by atoms with Crippen LogP contribution in [0.1, 0.15) is 202 Å². The number of amides is 2. The fourth-order valence-corrected chi connectivity index (χ4v) is 5.86.